The van der Waals surface area contributed by atoms with Crippen molar-refractivity contribution in [2.24, 2.45) is 5.92 Å². The number of likely N-dealkylation sites (tertiary alicyclic amines) is 1. The lowest BCUT2D eigenvalue weighted by Crippen LogP contribution is -2.49. The average Bonchev–Trinajstić information content (AvgIpc) is 2.68. The molecule has 1 unspecified atom stereocenters. The van der Waals surface area contributed by atoms with Crippen molar-refractivity contribution in [1.29, 1.82) is 0 Å². The minimum atomic E-state index is -4.96. The van der Waals surface area contributed by atoms with E-state index in [9.17, 15) is 22.8 Å². The van der Waals surface area contributed by atoms with Gasteiger partial charge < -0.3 is 9.64 Å². The predicted octanol–water partition coefficient (Wildman–Crippen LogP) is 2.13. The highest BCUT2D eigenvalue weighted by Gasteiger charge is 2.50. The van der Waals surface area contributed by atoms with E-state index in [0.29, 0.717) is 17.7 Å². The average molecular weight is 281 g/mol. The van der Waals surface area contributed by atoms with Crippen molar-refractivity contribution in [3.8, 4) is 0 Å². The van der Waals surface area contributed by atoms with Crippen LogP contribution in [0.3, 0.4) is 0 Å². The molecule has 0 radical (unpaired) electrons. The van der Waals surface area contributed by atoms with Gasteiger partial charge in [0.1, 0.15) is 6.04 Å². The topological polar surface area (TPSA) is 46.6 Å². The summed E-state index contributed by atoms with van der Waals surface area (Å²) < 4.78 is 42.4. The number of amides is 1. The van der Waals surface area contributed by atoms with Gasteiger partial charge in [0.15, 0.2) is 0 Å². The molecule has 0 spiro atoms. The number of carbonyl (C=O) groups is 2. The maximum Gasteiger partial charge on any atom is 0.471 e. The quantitative estimate of drug-likeness (QED) is 0.744. The van der Waals surface area contributed by atoms with Crippen LogP contribution in [0.25, 0.3) is 0 Å². The van der Waals surface area contributed by atoms with Crippen LogP contribution in [0.5, 0.6) is 0 Å². The maximum absolute atomic E-state index is 12.5. The summed E-state index contributed by atoms with van der Waals surface area (Å²) in [5.41, 5.74) is 0. The fraction of sp³-hybridized carbons (Fsp3) is 0.833. The zero-order valence-electron chi connectivity index (χ0n) is 11.2. The fourth-order valence-electron chi connectivity index (χ4n) is 2.05. The van der Waals surface area contributed by atoms with Gasteiger partial charge in [0.25, 0.3) is 0 Å². The molecule has 1 aliphatic heterocycles. The summed E-state index contributed by atoms with van der Waals surface area (Å²) in [6, 6.07) is -1.14. The molecule has 110 valence electrons. The summed E-state index contributed by atoms with van der Waals surface area (Å²) in [7, 11) is 0. The van der Waals surface area contributed by atoms with Crippen LogP contribution in [-0.2, 0) is 14.3 Å². The van der Waals surface area contributed by atoms with E-state index in [1.54, 1.807) is 20.8 Å². The Labute approximate surface area is 109 Å². The van der Waals surface area contributed by atoms with Gasteiger partial charge in [0, 0.05) is 6.54 Å². The molecule has 0 aromatic rings. The first-order valence-electron chi connectivity index (χ1n) is 6.26. The fourth-order valence-corrected chi connectivity index (χ4v) is 2.05. The standard InChI is InChI=1S/C12H18F3NO3/c1-4-8(3)19-10(17)9-7(2)5-6-16(9)11(18)12(13,14)15/h7-9H,4-6H2,1-3H3/t7-,8?,9-/m1/s1. The Morgan fingerprint density at radius 2 is 2.00 bits per heavy atom. The number of carbonyl (C=O) groups excluding carboxylic acids is 2. The zero-order chi connectivity index (χ0) is 14.8. The molecule has 7 heteroatoms. The van der Waals surface area contributed by atoms with Crippen LogP contribution in [0.4, 0.5) is 13.2 Å². The molecule has 1 aliphatic rings. The lowest BCUT2D eigenvalue weighted by atomic mass is 10.0. The van der Waals surface area contributed by atoms with E-state index in [1.807, 2.05) is 0 Å². The number of alkyl halides is 3. The summed E-state index contributed by atoms with van der Waals surface area (Å²) in [6.07, 6.45) is -4.40. The van der Waals surface area contributed by atoms with Crippen molar-refractivity contribution in [2.75, 3.05) is 6.54 Å². The van der Waals surface area contributed by atoms with E-state index < -0.39 is 24.1 Å². The minimum Gasteiger partial charge on any atom is -0.461 e. The lowest BCUT2D eigenvalue weighted by molar-refractivity contribution is -0.189. The largest absolute Gasteiger partial charge is 0.471 e. The van der Waals surface area contributed by atoms with E-state index in [-0.39, 0.29) is 18.6 Å². The number of hydrogen-bond acceptors (Lipinski definition) is 3. The highest BCUT2D eigenvalue weighted by Crippen LogP contribution is 2.30. The van der Waals surface area contributed by atoms with E-state index in [1.165, 1.54) is 0 Å². The lowest BCUT2D eigenvalue weighted by Gasteiger charge is -2.27. The van der Waals surface area contributed by atoms with Crippen LogP contribution in [0.1, 0.15) is 33.6 Å². The van der Waals surface area contributed by atoms with Crippen LogP contribution in [0.15, 0.2) is 0 Å². The predicted molar refractivity (Wildman–Crippen MR) is 61.2 cm³/mol. The molecule has 3 atom stereocenters. The van der Waals surface area contributed by atoms with Gasteiger partial charge in [-0.25, -0.2) is 4.79 Å². The van der Waals surface area contributed by atoms with E-state index in [4.69, 9.17) is 4.74 Å². The van der Waals surface area contributed by atoms with Crippen LogP contribution in [0, 0.1) is 5.92 Å². The molecular formula is C12H18F3NO3. The van der Waals surface area contributed by atoms with Crippen LogP contribution in [0.2, 0.25) is 0 Å². The molecular weight excluding hydrogens is 263 g/mol. The zero-order valence-corrected chi connectivity index (χ0v) is 11.2. The smallest absolute Gasteiger partial charge is 0.461 e. The van der Waals surface area contributed by atoms with Crippen molar-refractivity contribution >= 4 is 11.9 Å². The molecule has 1 rings (SSSR count). The minimum absolute atomic E-state index is 0.0697. The third-order valence-electron chi connectivity index (χ3n) is 3.34. The summed E-state index contributed by atoms with van der Waals surface area (Å²) in [5, 5.41) is 0. The number of rotatable bonds is 3. The first-order chi connectivity index (χ1) is 8.68. The Bertz CT molecular complexity index is 357. The maximum atomic E-state index is 12.5. The van der Waals surface area contributed by atoms with Crippen molar-refractivity contribution in [3.63, 3.8) is 0 Å². The SMILES string of the molecule is CCC(C)OC(=O)[C@H]1[C@H](C)CCN1C(=O)C(F)(F)F. The van der Waals surface area contributed by atoms with Crippen molar-refractivity contribution in [2.45, 2.75) is 51.9 Å². The third kappa shape index (κ3) is 3.61. The Hall–Kier alpha value is -1.27. The monoisotopic (exact) mass is 281 g/mol. The van der Waals surface area contributed by atoms with Gasteiger partial charge in [0.2, 0.25) is 0 Å². The first-order valence-corrected chi connectivity index (χ1v) is 6.26. The van der Waals surface area contributed by atoms with Crippen molar-refractivity contribution < 1.29 is 27.5 Å². The molecule has 19 heavy (non-hydrogen) atoms. The Morgan fingerprint density at radius 3 is 2.47 bits per heavy atom. The number of hydrogen-bond donors (Lipinski definition) is 0. The van der Waals surface area contributed by atoms with Gasteiger partial charge in [-0.3, -0.25) is 4.79 Å². The molecule has 0 bridgehead atoms. The second-order valence-electron chi connectivity index (χ2n) is 4.86. The normalized spacial score (nSPS) is 25.3. The van der Waals surface area contributed by atoms with Crippen molar-refractivity contribution in [1.82, 2.24) is 4.90 Å². The van der Waals surface area contributed by atoms with Gasteiger partial charge in [-0.15, -0.1) is 0 Å². The number of halogens is 3. The van der Waals surface area contributed by atoms with Gasteiger partial charge in [-0.05, 0) is 25.7 Å². The van der Waals surface area contributed by atoms with E-state index in [2.05, 4.69) is 0 Å². The molecule has 1 fully saturated rings. The molecule has 1 amide bonds. The molecule has 0 aliphatic carbocycles. The Balaban J connectivity index is 2.83. The molecule has 0 N–H and O–H groups in total. The molecule has 1 heterocycles. The number of nitrogens with zero attached hydrogens (tertiary/aromatic N) is 1. The van der Waals surface area contributed by atoms with Gasteiger partial charge >= 0.3 is 18.1 Å². The Kier molecular flexibility index (Phi) is 4.81. The Morgan fingerprint density at radius 1 is 1.42 bits per heavy atom. The molecule has 0 aromatic carbocycles. The molecule has 0 saturated carbocycles. The van der Waals surface area contributed by atoms with Crippen molar-refractivity contribution in [3.05, 3.63) is 0 Å². The summed E-state index contributed by atoms with van der Waals surface area (Å²) in [5.74, 6) is -3.05. The van der Waals surface area contributed by atoms with E-state index in [0.717, 1.165) is 0 Å². The summed E-state index contributed by atoms with van der Waals surface area (Å²) in [6.45, 7) is 5.04. The van der Waals surface area contributed by atoms with Crippen LogP contribution in [-0.4, -0.2) is 41.6 Å². The highest BCUT2D eigenvalue weighted by atomic mass is 19.4. The molecule has 1 saturated heterocycles. The summed E-state index contributed by atoms with van der Waals surface area (Å²) in [4.78, 5) is 23.7. The first kappa shape index (κ1) is 15.8. The summed E-state index contributed by atoms with van der Waals surface area (Å²) >= 11 is 0. The second-order valence-corrected chi connectivity index (χ2v) is 4.86. The van der Waals surface area contributed by atoms with Crippen LogP contribution < -0.4 is 0 Å². The van der Waals surface area contributed by atoms with Gasteiger partial charge in [0.05, 0.1) is 6.10 Å². The van der Waals surface area contributed by atoms with Gasteiger partial charge in [-0.2, -0.15) is 13.2 Å². The molecule has 4 nitrogen and oxygen atoms in total. The van der Waals surface area contributed by atoms with Crippen LogP contribution >= 0.6 is 0 Å². The highest BCUT2D eigenvalue weighted by molar-refractivity contribution is 5.88. The molecule has 0 aromatic heterocycles. The number of esters is 1. The number of ether oxygens (including phenoxy) is 1. The van der Waals surface area contributed by atoms with Gasteiger partial charge in [-0.1, -0.05) is 13.8 Å². The third-order valence-corrected chi connectivity index (χ3v) is 3.34. The van der Waals surface area contributed by atoms with E-state index >= 15 is 0 Å². The second kappa shape index (κ2) is 5.79.